The van der Waals surface area contributed by atoms with Crippen LogP contribution in [0.4, 0.5) is 0 Å². The smallest absolute Gasteiger partial charge is 0.0162 e. The Balaban J connectivity index is 1.54. The molecular formula is C26H32. The summed E-state index contributed by atoms with van der Waals surface area (Å²) in [6, 6.07) is 18.3. The van der Waals surface area contributed by atoms with E-state index in [1.807, 2.05) is 6.08 Å². The van der Waals surface area contributed by atoms with Crippen molar-refractivity contribution in [3.8, 4) is 11.1 Å². The lowest BCUT2D eigenvalue weighted by atomic mass is 9.77. The Hall–Kier alpha value is -2.08. The van der Waals surface area contributed by atoms with Gasteiger partial charge in [-0.15, -0.1) is 0 Å². The Morgan fingerprint density at radius 2 is 1.50 bits per heavy atom. The third kappa shape index (κ3) is 4.97. The van der Waals surface area contributed by atoms with E-state index in [0.717, 1.165) is 18.3 Å². The van der Waals surface area contributed by atoms with E-state index in [2.05, 4.69) is 74.2 Å². The summed E-state index contributed by atoms with van der Waals surface area (Å²) in [6.07, 6.45) is 15.3. The van der Waals surface area contributed by atoms with Crippen LogP contribution in [0, 0.1) is 5.92 Å². The maximum Gasteiger partial charge on any atom is -0.0162 e. The maximum absolute atomic E-state index is 3.73. The van der Waals surface area contributed by atoms with Crippen LogP contribution in [-0.4, -0.2) is 0 Å². The topological polar surface area (TPSA) is 0 Å². The van der Waals surface area contributed by atoms with Crippen LogP contribution in [0.1, 0.15) is 62.5 Å². The predicted molar refractivity (Wildman–Crippen MR) is 115 cm³/mol. The maximum atomic E-state index is 3.73. The lowest BCUT2D eigenvalue weighted by molar-refractivity contribution is 0.312. The van der Waals surface area contributed by atoms with E-state index in [9.17, 15) is 0 Å². The highest BCUT2D eigenvalue weighted by Crippen LogP contribution is 2.38. The van der Waals surface area contributed by atoms with E-state index in [-0.39, 0.29) is 0 Å². The Kier molecular flexibility index (Phi) is 6.89. The number of allylic oxidation sites excluding steroid dienone is 3. The van der Waals surface area contributed by atoms with Gasteiger partial charge >= 0.3 is 0 Å². The van der Waals surface area contributed by atoms with Crippen molar-refractivity contribution in [2.45, 2.75) is 57.8 Å². The standard InChI is InChI=1S/C26H32/c1-3-5-6-7-8-22-11-15-24(16-12-22)26-19-17-25(18-20-26)23-13-9-21(4-2)10-14-23/h3,5-6,9-10,13-14,17-20,22,24H,1,4,7-8,11-12,15-16H2,2H3/b6-5+. The Morgan fingerprint density at radius 1 is 0.885 bits per heavy atom. The molecule has 0 radical (unpaired) electrons. The SMILES string of the molecule is C=C/C=C/CCC1CCC(c2ccc(-c3ccc(CC)cc3)cc2)CC1. The van der Waals surface area contributed by atoms with Crippen LogP contribution in [0.5, 0.6) is 0 Å². The van der Waals surface area contributed by atoms with Crippen LogP contribution in [-0.2, 0) is 6.42 Å². The molecule has 0 heteroatoms. The van der Waals surface area contributed by atoms with E-state index >= 15 is 0 Å². The van der Waals surface area contributed by atoms with Crippen molar-refractivity contribution in [2.75, 3.05) is 0 Å². The molecule has 2 aromatic carbocycles. The summed E-state index contributed by atoms with van der Waals surface area (Å²) in [5, 5.41) is 0. The van der Waals surface area contributed by atoms with Crippen molar-refractivity contribution in [2.24, 2.45) is 5.92 Å². The second kappa shape index (κ2) is 9.57. The molecule has 136 valence electrons. The van der Waals surface area contributed by atoms with E-state index < -0.39 is 0 Å². The predicted octanol–water partition coefficient (Wildman–Crippen LogP) is 7.71. The van der Waals surface area contributed by atoms with Gasteiger partial charge in [0.15, 0.2) is 0 Å². The lowest BCUT2D eigenvalue weighted by Crippen LogP contribution is -2.13. The highest BCUT2D eigenvalue weighted by atomic mass is 14.3. The monoisotopic (exact) mass is 344 g/mol. The number of benzene rings is 2. The molecule has 0 nitrogen and oxygen atoms in total. The molecule has 1 aliphatic carbocycles. The van der Waals surface area contributed by atoms with Crippen LogP contribution < -0.4 is 0 Å². The van der Waals surface area contributed by atoms with Crippen LogP contribution in [0.25, 0.3) is 11.1 Å². The first kappa shape index (κ1) is 18.7. The average Bonchev–Trinajstić information content (AvgIpc) is 2.72. The van der Waals surface area contributed by atoms with Crippen LogP contribution in [0.2, 0.25) is 0 Å². The highest BCUT2D eigenvalue weighted by Gasteiger charge is 2.21. The summed E-state index contributed by atoms with van der Waals surface area (Å²) in [4.78, 5) is 0. The minimum Gasteiger partial charge on any atom is -0.0991 e. The number of aryl methyl sites for hydroxylation is 1. The third-order valence-electron chi connectivity index (χ3n) is 5.94. The van der Waals surface area contributed by atoms with Crippen molar-refractivity contribution < 1.29 is 0 Å². The van der Waals surface area contributed by atoms with Gasteiger partial charge in [-0.25, -0.2) is 0 Å². The van der Waals surface area contributed by atoms with Gasteiger partial charge in [0.2, 0.25) is 0 Å². The van der Waals surface area contributed by atoms with Crippen molar-refractivity contribution >= 4 is 0 Å². The fourth-order valence-corrected chi connectivity index (χ4v) is 4.19. The van der Waals surface area contributed by atoms with Gasteiger partial charge < -0.3 is 0 Å². The molecule has 0 unspecified atom stereocenters. The molecule has 26 heavy (non-hydrogen) atoms. The van der Waals surface area contributed by atoms with Gasteiger partial charge in [-0.2, -0.15) is 0 Å². The van der Waals surface area contributed by atoms with Crippen molar-refractivity contribution in [1.29, 1.82) is 0 Å². The molecule has 1 aliphatic rings. The van der Waals surface area contributed by atoms with Gasteiger partial charge in [0, 0.05) is 0 Å². The van der Waals surface area contributed by atoms with E-state index in [0.29, 0.717) is 0 Å². The molecule has 0 aliphatic heterocycles. The minimum absolute atomic E-state index is 0.756. The summed E-state index contributed by atoms with van der Waals surface area (Å²) in [5.74, 6) is 1.67. The summed E-state index contributed by atoms with van der Waals surface area (Å²) in [7, 11) is 0. The molecule has 0 N–H and O–H groups in total. The van der Waals surface area contributed by atoms with Crippen molar-refractivity contribution in [3.05, 3.63) is 84.5 Å². The first-order valence-electron chi connectivity index (χ1n) is 10.3. The van der Waals surface area contributed by atoms with Gasteiger partial charge in [0.05, 0.1) is 0 Å². The average molecular weight is 345 g/mol. The summed E-state index contributed by atoms with van der Waals surface area (Å²) in [6.45, 7) is 5.94. The molecule has 0 bridgehead atoms. The van der Waals surface area contributed by atoms with E-state index in [1.54, 1.807) is 0 Å². The van der Waals surface area contributed by atoms with E-state index in [1.165, 1.54) is 60.8 Å². The molecular weight excluding hydrogens is 312 g/mol. The zero-order chi connectivity index (χ0) is 18.2. The van der Waals surface area contributed by atoms with Crippen LogP contribution in [0.15, 0.2) is 73.3 Å². The van der Waals surface area contributed by atoms with Crippen LogP contribution in [0.3, 0.4) is 0 Å². The summed E-state index contributed by atoms with van der Waals surface area (Å²) >= 11 is 0. The fourth-order valence-electron chi connectivity index (χ4n) is 4.19. The third-order valence-corrected chi connectivity index (χ3v) is 5.94. The number of rotatable bonds is 7. The zero-order valence-electron chi connectivity index (χ0n) is 16.2. The normalized spacial score (nSPS) is 20.3. The van der Waals surface area contributed by atoms with Crippen molar-refractivity contribution in [3.63, 3.8) is 0 Å². The molecule has 0 saturated heterocycles. The largest absolute Gasteiger partial charge is 0.0991 e. The molecule has 0 spiro atoms. The lowest BCUT2D eigenvalue weighted by Gasteiger charge is -2.28. The summed E-state index contributed by atoms with van der Waals surface area (Å²) < 4.78 is 0. The Bertz CT molecular complexity index is 695. The fraction of sp³-hybridized carbons (Fsp3) is 0.385. The van der Waals surface area contributed by atoms with Gasteiger partial charge in [-0.05, 0) is 79.0 Å². The molecule has 2 aromatic rings. The van der Waals surface area contributed by atoms with Gasteiger partial charge in [-0.1, -0.05) is 80.3 Å². The number of hydrogen-bond donors (Lipinski definition) is 0. The Labute approximate surface area is 159 Å². The Morgan fingerprint density at radius 3 is 2.08 bits per heavy atom. The first-order valence-corrected chi connectivity index (χ1v) is 10.3. The van der Waals surface area contributed by atoms with E-state index in [4.69, 9.17) is 0 Å². The quantitative estimate of drug-likeness (QED) is 0.451. The second-order valence-corrected chi connectivity index (χ2v) is 7.63. The molecule has 1 fully saturated rings. The first-order chi connectivity index (χ1) is 12.8. The summed E-state index contributed by atoms with van der Waals surface area (Å²) in [5.41, 5.74) is 5.59. The molecule has 3 rings (SSSR count). The molecule has 0 atom stereocenters. The molecule has 0 heterocycles. The molecule has 0 amide bonds. The molecule has 1 saturated carbocycles. The van der Waals surface area contributed by atoms with Crippen LogP contribution >= 0.6 is 0 Å². The number of hydrogen-bond acceptors (Lipinski definition) is 0. The van der Waals surface area contributed by atoms with Gasteiger partial charge in [0.25, 0.3) is 0 Å². The second-order valence-electron chi connectivity index (χ2n) is 7.63. The van der Waals surface area contributed by atoms with Gasteiger partial charge in [0.1, 0.15) is 0 Å². The minimum atomic E-state index is 0.756. The van der Waals surface area contributed by atoms with Crippen molar-refractivity contribution in [1.82, 2.24) is 0 Å². The van der Waals surface area contributed by atoms with Gasteiger partial charge in [-0.3, -0.25) is 0 Å². The highest BCUT2D eigenvalue weighted by molar-refractivity contribution is 5.64. The molecule has 0 aromatic heterocycles. The zero-order valence-corrected chi connectivity index (χ0v) is 16.2.